The Bertz CT molecular complexity index is 930. The number of H-pyrrole nitrogens is 1. The molecule has 1 saturated heterocycles. The number of unbranched alkanes of at least 4 members (excludes halogenated alkanes) is 1. The fourth-order valence-electron chi connectivity index (χ4n) is 4.10. The van der Waals surface area contributed by atoms with Crippen LogP contribution in [0.15, 0.2) is 23.0 Å². The monoisotopic (exact) mass is 431 g/mol. The van der Waals surface area contributed by atoms with Crippen LogP contribution in [0.1, 0.15) is 39.0 Å². The number of hydrogen-bond acceptors (Lipinski definition) is 5. The van der Waals surface area contributed by atoms with E-state index in [9.17, 15) is 14.4 Å². The highest BCUT2D eigenvalue weighted by molar-refractivity contribution is 5.99. The first-order valence-electron chi connectivity index (χ1n) is 11.1. The topological polar surface area (TPSA) is 99.7 Å². The minimum atomic E-state index is -0.502. The second kappa shape index (κ2) is 11.1. The lowest BCUT2D eigenvalue weighted by atomic mass is 10.1. The molecule has 31 heavy (non-hydrogen) atoms. The molecular formula is C22H33N5O4. The Labute approximate surface area is 182 Å². The molecule has 0 spiro atoms. The van der Waals surface area contributed by atoms with E-state index in [4.69, 9.17) is 4.74 Å². The summed E-state index contributed by atoms with van der Waals surface area (Å²) in [6.45, 7) is 6.11. The third kappa shape index (κ3) is 5.54. The van der Waals surface area contributed by atoms with Gasteiger partial charge in [-0.2, -0.15) is 0 Å². The normalized spacial score (nSPS) is 15.3. The van der Waals surface area contributed by atoms with Gasteiger partial charge in [-0.25, -0.2) is 14.2 Å². The van der Waals surface area contributed by atoms with Crippen molar-refractivity contribution in [3.05, 3.63) is 28.7 Å². The van der Waals surface area contributed by atoms with E-state index in [0.29, 0.717) is 23.3 Å². The number of rotatable bonds is 10. The van der Waals surface area contributed by atoms with Crippen LogP contribution >= 0.6 is 0 Å². The van der Waals surface area contributed by atoms with Crippen molar-refractivity contribution in [1.82, 2.24) is 19.8 Å². The minimum absolute atomic E-state index is 0.0115. The number of aromatic amines is 1. The number of aromatic nitrogens is 2. The molecule has 0 saturated carbocycles. The number of methoxy groups -OCH3 is 1. The number of hydrogen-bond donors (Lipinski definition) is 2. The van der Waals surface area contributed by atoms with Crippen LogP contribution < -0.4 is 15.9 Å². The summed E-state index contributed by atoms with van der Waals surface area (Å²) in [4.78, 5) is 44.1. The van der Waals surface area contributed by atoms with Crippen LogP contribution in [-0.2, 0) is 9.53 Å². The zero-order chi connectivity index (χ0) is 22.2. The van der Waals surface area contributed by atoms with Gasteiger partial charge >= 0.3 is 11.7 Å². The summed E-state index contributed by atoms with van der Waals surface area (Å²) in [6.07, 6.45) is 5.18. The van der Waals surface area contributed by atoms with Crippen LogP contribution in [0.3, 0.4) is 0 Å². The summed E-state index contributed by atoms with van der Waals surface area (Å²) in [7, 11) is 1.71. The molecule has 9 heteroatoms. The Kier molecular flexibility index (Phi) is 8.25. The third-order valence-corrected chi connectivity index (χ3v) is 5.81. The van der Waals surface area contributed by atoms with E-state index in [1.807, 2.05) is 6.92 Å². The van der Waals surface area contributed by atoms with Gasteiger partial charge in [0, 0.05) is 45.9 Å². The molecule has 2 heterocycles. The lowest BCUT2D eigenvalue weighted by Gasteiger charge is -2.32. The van der Waals surface area contributed by atoms with Crippen LogP contribution in [0.4, 0.5) is 10.5 Å². The van der Waals surface area contributed by atoms with Gasteiger partial charge in [-0.05, 0) is 37.8 Å². The number of fused-ring (bicyclic) bond motifs is 1. The summed E-state index contributed by atoms with van der Waals surface area (Å²) in [5.74, 6) is 0. The van der Waals surface area contributed by atoms with E-state index in [1.54, 1.807) is 30.2 Å². The maximum Gasteiger partial charge on any atom is 0.334 e. The molecule has 1 aromatic carbocycles. The van der Waals surface area contributed by atoms with Gasteiger partial charge in [-0.15, -0.1) is 0 Å². The maximum absolute atomic E-state index is 13.1. The van der Waals surface area contributed by atoms with Gasteiger partial charge in [0.15, 0.2) is 0 Å². The average molecular weight is 432 g/mol. The van der Waals surface area contributed by atoms with Crippen molar-refractivity contribution < 1.29 is 14.3 Å². The molecule has 1 aliphatic rings. The molecule has 1 aliphatic heterocycles. The standard InChI is InChI=1S/C22H33N5O4/c1-3-4-12-26(16-28)19-8-5-7-18-20(19)27(22(30)24-18)21(29)23-17-9-13-25(14-10-17)11-6-15-31-2/h5,7-8,16-17H,3-4,6,9-15H2,1-2H3,(H,23,29)(H,24,30). The smallest absolute Gasteiger partial charge is 0.334 e. The number of carbonyl (C=O) groups is 2. The molecule has 9 nitrogen and oxygen atoms in total. The van der Waals surface area contributed by atoms with Gasteiger partial charge in [0.05, 0.1) is 11.2 Å². The molecule has 2 N–H and O–H groups in total. The first-order chi connectivity index (χ1) is 15.1. The quantitative estimate of drug-likeness (QED) is 0.444. The first-order valence-corrected chi connectivity index (χ1v) is 11.1. The predicted octanol–water partition coefficient (Wildman–Crippen LogP) is 2.15. The number of anilines is 1. The van der Waals surface area contributed by atoms with Gasteiger partial charge in [-0.1, -0.05) is 19.4 Å². The van der Waals surface area contributed by atoms with Gasteiger partial charge in [-0.3, -0.25) is 4.79 Å². The highest BCUT2D eigenvalue weighted by atomic mass is 16.5. The second-order valence-electron chi connectivity index (χ2n) is 8.00. The van der Waals surface area contributed by atoms with E-state index < -0.39 is 11.7 Å². The number of nitrogens with zero attached hydrogens (tertiary/aromatic N) is 3. The van der Waals surface area contributed by atoms with Crippen molar-refractivity contribution in [2.45, 2.75) is 45.1 Å². The fraction of sp³-hybridized carbons (Fsp3) is 0.591. The number of piperidine rings is 1. The summed E-state index contributed by atoms with van der Waals surface area (Å²) < 4.78 is 6.23. The molecule has 1 aromatic heterocycles. The van der Waals surface area contributed by atoms with Crippen molar-refractivity contribution in [2.75, 3.05) is 44.8 Å². The van der Waals surface area contributed by atoms with Crippen molar-refractivity contribution in [1.29, 1.82) is 0 Å². The van der Waals surface area contributed by atoms with Gasteiger partial charge < -0.3 is 24.8 Å². The Morgan fingerprint density at radius 3 is 2.77 bits per heavy atom. The number of amides is 2. The largest absolute Gasteiger partial charge is 0.385 e. The number of carbonyl (C=O) groups excluding carboxylic acids is 2. The summed E-state index contributed by atoms with van der Waals surface area (Å²) in [6, 6.07) is 4.84. The lowest BCUT2D eigenvalue weighted by Crippen LogP contribution is -2.47. The fourth-order valence-corrected chi connectivity index (χ4v) is 4.10. The number of ether oxygens (including phenoxy) is 1. The van der Waals surface area contributed by atoms with E-state index in [-0.39, 0.29) is 6.04 Å². The first kappa shape index (κ1) is 23.0. The van der Waals surface area contributed by atoms with Crippen LogP contribution in [0.2, 0.25) is 0 Å². The molecule has 3 rings (SSSR count). The van der Waals surface area contributed by atoms with Gasteiger partial charge in [0.25, 0.3) is 0 Å². The second-order valence-corrected chi connectivity index (χ2v) is 8.00. The van der Waals surface area contributed by atoms with Crippen molar-refractivity contribution in [3.8, 4) is 0 Å². The predicted molar refractivity (Wildman–Crippen MR) is 121 cm³/mol. The number of nitrogens with one attached hydrogen (secondary N) is 2. The number of imidazole rings is 1. The molecule has 2 amide bonds. The van der Waals surface area contributed by atoms with Crippen molar-refractivity contribution in [2.24, 2.45) is 0 Å². The van der Waals surface area contributed by atoms with Crippen LogP contribution in [0, 0.1) is 0 Å². The summed E-state index contributed by atoms with van der Waals surface area (Å²) >= 11 is 0. The van der Waals surface area contributed by atoms with Gasteiger partial charge in [0.2, 0.25) is 6.41 Å². The van der Waals surface area contributed by atoms with Crippen molar-refractivity contribution >= 4 is 29.2 Å². The molecule has 1 fully saturated rings. The average Bonchev–Trinajstić information content (AvgIpc) is 3.12. The SMILES string of the molecule is CCCCN(C=O)c1cccc2[nH]c(=O)n(C(=O)NC3CCN(CCCOC)CC3)c12. The third-order valence-electron chi connectivity index (χ3n) is 5.81. The number of benzene rings is 1. The molecular weight excluding hydrogens is 398 g/mol. The Morgan fingerprint density at radius 1 is 1.32 bits per heavy atom. The number of para-hydroxylation sites is 1. The van der Waals surface area contributed by atoms with E-state index in [2.05, 4.69) is 15.2 Å². The zero-order valence-electron chi connectivity index (χ0n) is 18.4. The van der Waals surface area contributed by atoms with E-state index in [1.165, 1.54) is 0 Å². The molecule has 170 valence electrons. The zero-order valence-corrected chi connectivity index (χ0v) is 18.4. The molecule has 0 unspecified atom stereocenters. The molecule has 2 aromatic rings. The van der Waals surface area contributed by atoms with Crippen LogP contribution in [0.5, 0.6) is 0 Å². The molecule has 0 radical (unpaired) electrons. The number of likely N-dealkylation sites (tertiary alicyclic amines) is 1. The molecule has 0 bridgehead atoms. The highest BCUT2D eigenvalue weighted by Crippen LogP contribution is 2.25. The molecule has 0 aliphatic carbocycles. The Balaban J connectivity index is 1.75. The maximum atomic E-state index is 13.1. The van der Waals surface area contributed by atoms with E-state index >= 15 is 0 Å². The molecule has 0 atom stereocenters. The summed E-state index contributed by atoms with van der Waals surface area (Å²) in [5.41, 5.74) is 1.03. The van der Waals surface area contributed by atoms with E-state index in [0.717, 1.165) is 69.3 Å². The summed E-state index contributed by atoms with van der Waals surface area (Å²) in [5, 5.41) is 3.02. The highest BCUT2D eigenvalue weighted by Gasteiger charge is 2.24. The lowest BCUT2D eigenvalue weighted by molar-refractivity contribution is -0.107. The Morgan fingerprint density at radius 2 is 2.10 bits per heavy atom. The van der Waals surface area contributed by atoms with Gasteiger partial charge in [0.1, 0.15) is 5.52 Å². The Hall–Kier alpha value is -2.65. The minimum Gasteiger partial charge on any atom is -0.385 e. The van der Waals surface area contributed by atoms with Crippen LogP contribution in [0.25, 0.3) is 11.0 Å². The van der Waals surface area contributed by atoms with Crippen molar-refractivity contribution in [3.63, 3.8) is 0 Å². The van der Waals surface area contributed by atoms with Crippen LogP contribution in [-0.4, -0.2) is 72.8 Å².